The van der Waals surface area contributed by atoms with Crippen LogP contribution in [-0.2, 0) is 25.0 Å². The van der Waals surface area contributed by atoms with Crippen LogP contribution in [0.5, 0.6) is 0 Å². The first-order chi connectivity index (χ1) is 18.0. The Kier molecular flexibility index (Phi) is 7.34. The van der Waals surface area contributed by atoms with E-state index in [1.165, 1.54) is 11.1 Å². The van der Waals surface area contributed by atoms with Crippen molar-refractivity contribution < 1.29 is 23.1 Å². The summed E-state index contributed by atoms with van der Waals surface area (Å²) < 4.78 is 34.7. The molecule has 4 aliphatic rings. The summed E-state index contributed by atoms with van der Waals surface area (Å²) in [5, 5.41) is 15.4. The van der Waals surface area contributed by atoms with Gasteiger partial charge in [-0.25, -0.2) is 12.7 Å². The fourth-order valence-corrected chi connectivity index (χ4v) is 10.6. The maximum absolute atomic E-state index is 14.0. The van der Waals surface area contributed by atoms with Crippen LogP contribution >= 0.6 is 0 Å². The van der Waals surface area contributed by atoms with Gasteiger partial charge in [0.25, 0.3) is 0 Å². The SMILES string of the molecule is CCOC(=O)CCCNC[C@@]1(O)C[C@H]2CC[C@]1(CS(=O)(=O)N1CCC3(C=Cc4ccccc43)CC1)C2(C)C. The Morgan fingerprint density at radius 3 is 2.63 bits per heavy atom. The minimum absolute atomic E-state index is 0.00999. The van der Waals surface area contributed by atoms with Crippen LogP contribution in [0.1, 0.15) is 76.8 Å². The lowest BCUT2D eigenvalue weighted by molar-refractivity contribution is -0.143. The van der Waals surface area contributed by atoms with Gasteiger partial charge in [0.15, 0.2) is 0 Å². The molecule has 2 N–H and O–H groups in total. The van der Waals surface area contributed by atoms with Crippen molar-refractivity contribution in [3.8, 4) is 0 Å². The van der Waals surface area contributed by atoms with Gasteiger partial charge < -0.3 is 15.2 Å². The molecule has 2 bridgehead atoms. The molecular formula is C30H44N2O5S. The van der Waals surface area contributed by atoms with Gasteiger partial charge >= 0.3 is 5.97 Å². The number of nitrogens with one attached hydrogen (secondary N) is 1. The number of benzene rings is 1. The molecule has 3 atom stereocenters. The summed E-state index contributed by atoms with van der Waals surface area (Å²) in [4.78, 5) is 11.6. The molecule has 1 heterocycles. The summed E-state index contributed by atoms with van der Waals surface area (Å²) in [6, 6.07) is 8.43. The highest BCUT2D eigenvalue weighted by atomic mass is 32.2. The standard InChI is InChI=1S/C30H44N2O5S/c1-4-37-26(33)10-7-17-31-21-30(34)20-24-12-14-29(30,27(24,2)3)22-38(35,36)32-18-15-28(16-19-32)13-11-23-8-5-6-9-25(23)28/h5-6,8-9,11,13,24,31,34H,4,7,10,12,14-22H2,1-3H3/t24-,29+,30+/m1/s1. The van der Waals surface area contributed by atoms with Crippen LogP contribution in [0.15, 0.2) is 30.3 Å². The van der Waals surface area contributed by atoms with Gasteiger partial charge in [-0.05, 0) is 74.5 Å². The van der Waals surface area contributed by atoms with Crippen LogP contribution in [0.25, 0.3) is 6.08 Å². The molecule has 8 heteroatoms. The molecule has 210 valence electrons. The fraction of sp³-hybridized carbons (Fsp3) is 0.700. The molecule has 7 nitrogen and oxygen atoms in total. The van der Waals surface area contributed by atoms with Gasteiger partial charge in [0.2, 0.25) is 10.0 Å². The highest BCUT2D eigenvalue weighted by Gasteiger charge is 2.71. The monoisotopic (exact) mass is 544 g/mol. The molecule has 1 saturated heterocycles. The van der Waals surface area contributed by atoms with Crippen LogP contribution in [0.2, 0.25) is 0 Å². The first-order valence-electron chi connectivity index (χ1n) is 14.3. The maximum atomic E-state index is 14.0. The topological polar surface area (TPSA) is 95.9 Å². The molecule has 0 amide bonds. The number of hydrogen-bond donors (Lipinski definition) is 2. The maximum Gasteiger partial charge on any atom is 0.305 e. The highest BCUT2D eigenvalue weighted by molar-refractivity contribution is 7.89. The second kappa shape index (κ2) is 10.0. The molecule has 0 unspecified atom stereocenters. The molecule has 38 heavy (non-hydrogen) atoms. The van der Waals surface area contributed by atoms with E-state index in [1.807, 2.05) is 0 Å². The number of carbonyl (C=O) groups is 1. The number of fused-ring (bicyclic) bond motifs is 4. The van der Waals surface area contributed by atoms with E-state index >= 15 is 0 Å². The number of rotatable bonds is 10. The Morgan fingerprint density at radius 2 is 1.92 bits per heavy atom. The van der Waals surface area contributed by atoms with Crippen LogP contribution in [-0.4, -0.2) is 67.9 Å². The zero-order chi connectivity index (χ0) is 27.2. The molecule has 5 rings (SSSR count). The average molecular weight is 545 g/mol. The summed E-state index contributed by atoms with van der Waals surface area (Å²) in [5.41, 5.74) is 0.417. The van der Waals surface area contributed by atoms with Crippen molar-refractivity contribution in [2.24, 2.45) is 16.7 Å². The van der Waals surface area contributed by atoms with Crippen molar-refractivity contribution >= 4 is 22.1 Å². The zero-order valence-corrected chi connectivity index (χ0v) is 24.0. The average Bonchev–Trinajstić information content (AvgIpc) is 3.40. The Hall–Kier alpha value is -1.74. The smallest absolute Gasteiger partial charge is 0.305 e. The van der Waals surface area contributed by atoms with E-state index in [4.69, 9.17) is 4.74 Å². The first kappa shape index (κ1) is 27.8. The molecule has 1 aromatic rings. The Balaban J connectivity index is 1.26. The lowest BCUT2D eigenvalue weighted by atomic mass is 9.64. The molecule has 3 aliphatic carbocycles. The largest absolute Gasteiger partial charge is 0.466 e. The van der Waals surface area contributed by atoms with E-state index in [1.54, 1.807) is 11.2 Å². The summed E-state index contributed by atoms with van der Waals surface area (Å²) >= 11 is 0. The molecular weight excluding hydrogens is 500 g/mol. The van der Waals surface area contributed by atoms with E-state index < -0.39 is 21.0 Å². The number of carbonyl (C=O) groups excluding carboxylic acids is 1. The molecule has 1 aliphatic heterocycles. The van der Waals surface area contributed by atoms with Gasteiger partial charge in [0.05, 0.1) is 18.0 Å². The van der Waals surface area contributed by atoms with Gasteiger partial charge in [-0.1, -0.05) is 50.3 Å². The van der Waals surface area contributed by atoms with Gasteiger partial charge in [0.1, 0.15) is 0 Å². The molecule has 1 spiro atoms. The quantitative estimate of drug-likeness (QED) is 0.343. The summed E-state index contributed by atoms with van der Waals surface area (Å²) in [5.74, 6) is 0.0783. The first-order valence-corrected chi connectivity index (χ1v) is 15.9. The van der Waals surface area contributed by atoms with Crippen molar-refractivity contribution in [1.29, 1.82) is 0 Å². The predicted octanol–water partition coefficient (Wildman–Crippen LogP) is 3.87. The second-order valence-corrected chi connectivity index (χ2v) is 14.6. The molecule has 0 aromatic heterocycles. The lowest BCUT2D eigenvalue weighted by Crippen LogP contribution is -2.59. The van der Waals surface area contributed by atoms with E-state index in [0.717, 1.165) is 25.7 Å². The Labute approximate surface area is 228 Å². The summed E-state index contributed by atoms with van der Waals surface area (Å²) in [6.07, 6.45) is 9.27. The minimum atomic E-state index is -3.57. The highest BCUT2D eigenvalue weighted by Crippen LogP contribution is 2.70. The fourth-order valence-electron chi connectivity index (χ4n) is 8.24. The van der Waals surface area contributed by atoms with Crippen LogP contribution in [0, 0.1) is 16.7 Å². The van der Waals surface area contributed by atoms with Crippen molar-refractivity contribution in [2.45, 2.75) is 76.7 Å². The number of piperidine rings is 1. The van der Waals surface area contributed by atoms with Gasteiger partial charge in [-0.2, -0.15) is 0 Å². The van der Waals surface area contributed by atoms with E-state index in [9.17, 15) is 18.3 Å². The third-order valence-corrected chi connectivity index (χ3v) is 12.6. The molecule has 2 saturated carbocycles. The van der Waals surface area contributed by atoms with Crippen LogP contribution in [0.4, 0.5) is 0 Å². The van der Waals surface area contributed by atoms with Gasteiger partial charge in [-0.15, -0.1) is 0 Å². The lowest BCUT2D eigenvalue weighted by Gasteiger charge is -2.49. The van der Waals surface area contributed by atoms with Crippen molar-refractivity contribution in [3.63, 3.8) is 0 Å². The van der Waals surface area contributed by atoms with Crippen LogP contribution in [0.3, 0.4) is 0 Å². The predicted molar refractivity (Wildman–Crippen MR) is 149 cm³/mol. The third-order valence-electron chi connectivity index (χ3n) is 10.6. The Morgan fingerprint density at radius 1 is 1.18 bits per heavy atom. The normalized spacial score (nSPS) is 31.1. The van der Waals surface area contributed by atoms with Crippen molar-refractivity contribution in [1.82, 2.24) is 9.62 Å². The molecule has 3 fully saturated rings. The number of esters is 1. The second-order valence-electron chi connectivity index (χ2n) is 12.6. The van der Waals surface area contributed by atoms with Gasteiger partial charge in [0, 0.05) is 36.9 Å². The number of ether oxygens (including phenoxy) is 1. The van der Waals surface area contributed by atoms with E-state index in [0.29, 0.717) is 58.0 Å². The summed E-state index contributed by atoms with van der Waals surface area (Å²) in [6.45, 7) is 8.42. The van der Waals surface area contributed by atoms with Gasteiger partial charge in [-0.3, -0.25) is 4.79 Å². The number of hydrogen-bond acceptors (Lipinski definition) is 6. The minimum Gasteiger partial charge on any atom is -0.466 e. The Bertz CT molecular complexity index is 1190. The number of allylic oxidation sites excluding steroid dienone is 1. The third kappa shape index (κ3) is 4.45. The molecule has 1 aromatic carbocycles. The zero-order valence-electron chi connectivity index (χ0n) is 23.2. The molecule has 0 radical (unpaired) electrons. The van der Waals surface area contributed by atoms with Crippen molar-refractivity contribution in [2.75, 3.05) is 38.5 Å². The number of nitrogens with zero attached hydrogens (tertiary/aromatic N) is 1. The number of aliphatic hydroxyl groups is 1. The van der Waals surface area contributed by atoms with Crippen LogP contribution < -0.4 is 5.32 Å². The summed E-state index contributed by atoms with van der Waals surface area (Å²) in [7, 11) is -3.57. The van der Waals surface area contributed by atoms with E-state index in [-0.39, 0.29) is 22.6 Å². The number of sulfonamides is 1. The van der Waals surface area contributed by atoms with E-state index in [2.05, 4.69) is 55.6 Å². The van der Waals surface area contributed by atoms with Crippen molar-refractivity contribution in [3.05, 3.63) is 41.5 Å².